The number of aromatic nitrogens is 1. The van der Waals surface area contributed by atoms with E-state index in [1.165, 1.54) is 6.07 Å². The molecule has 1 fully saturated rings. The lowest BCUT2D eigenvalue weighted by atomic mass is 10.1. The maximum atomic E-state index is 14.2. The second kappa shape index (κ2) is 11.3. The Labute approximate surface area is 220 Å². The second-order valence-corrected chi connectivity index (χ2v) is 9.82. The van der Waals surface area contributed by atoms with Crippen molar-refractivity contribution in [3.05, 3.63) is 107 Å². The molecule has 2 heterocycles. The van der Waals surface area contributed by atoms with Crippen molar-refractivity contribution in [2.24, 2.45) is 0 Å². The number of amides is 1. The van der Waals surface area contributed by atoms with E-state index < -0.39 is 18.0 Å². The smallest absolute Gasteiger partial charge is 0.410 e. The maximum absolute atomic E-state index is 14.2. The molecule has 1 aliphatic heterocycles. The third-order valence-electron chi connectivity index (χ3n) is 6.90. The van der Waals surface area contributed by atoms with E-state index in [4.69, 9.17) is 16.3 Å². The maximum Gasteiger partial charge on any atom is 0.410 e. The Morgan fingerprint density at radius 1 is 1.08 bits per heavy atom. The summed E-state index contributed by atoms with van der Waals surface area (Å²) >= 11 is 5.89. The molecule has 1 aliphatic rings. The van der Waals surface area contributed by atoms with Gasteiger partial charge >= 0.3 is 6.09 Å². The Bertz CT molecular complexity index is 1360. The van der Waals surface area contributed by atoms with Gasteiger partial charge in [-0.05, 0) is 41.3 Å². The summed E-state index contributed by atoms with van der Waals surface area (Å²) in [5, 5.41) is 12.2. The SMILES string of the molecule is O=C(OCc1ccccc1)N1C[C@@H](O)[C@H](N(CCc2c[nH]c3ccccc23)Cc2ccc(Cl)c(F)c2)C1. The highest BCUT2D eigenvalue weighted by molar-refractivity contribution is 6.30. The number of benzene rings is 3. The average molecular weight is 522 g/mol. The number of aliphatic hydroxyl groups excluding tert-OH is 1. The zero-order chi connectivity index (χ0) is 25.8. The Morgan fingerprint density at radius 2 is 1.86 bits per heavy atom. The van der Waals surface area contributed by atoms with Crippen LogP contribution in [0.2, 0.25) is 5.02 Å². The number of rotatable bonds is 8. The third-order valence-corrected chi connectivity index (χ3v) is 7.21. The van der Waals surface area contributed by atoms with Gasteiger partial charge in [0.1, 0.15) is 12.4 Å². The molecule has 1 amide bonds. The highest BCUT2D eigenvalue weighted by Crippen LogP contribution is 2.24. The average Bonchev–Trinajstić information content (AvgIpc) is 3.51. The van der Waals surface area contributed by atoms with Crippen molar-refractivity contribution >= 4 is 28.6 Å². The van der Waals surface area contributed by atoms with Crippen LogP contribution in [0.4, 0.5) is 9.18 Å². The van der Waals surface area contributed by atoms with Crippen LogP contribution in [0.3, 0.4) is 0 Å². The number of aromatic amines is 1. The van der Waals surface area contributed by atoms with Crippen molar-refractivity contribution in [3.63, 3.8) is 0 Å². The highest BCUT2D eigenvalue weighted by atomic mass is 35.5. The Hall–Kier alpha value is -3.39. The van der Waals surface area contributed by atoms with Crippen LogP contribution in [0.1, 0.15) is 16.7 Å². The van der Waals surface area contributed by atoms with Crippen molar-refractivity contribution in [1.29, 1.82) is 0 Å². The van der Waals surface area contributed by atoms with E-state index in [2.05, 4.69) is 16.0 Å². The zero-order valence-corrected chi connectivity index (χ0v) is 21.1. The van der Waals surface area contributed by atoms with Crippen LogP contribution in [0, 0.1) is 5.82 Å². The number of carbonyl (C=O) groups is 1. The Morgan fingerprint density at radius 3 is 2.68 bits per heavy atom. The van der Waals surface area contributed by atoms with E-state index in [-0.39, 0.29) is 24.2 Å². The van der Waals surface area contributed by atoms with Crippen molar-refractivity contribution in [1.82, 2.24) is 14.8 Å². The molecule has 192 valence electrons. The quantitative estimate of drug-likeness (QED) is 0.326. The summed E-state index contributed by atoms with van der Waals surface area (Å²) in [6.45, 7) is 1.69. The lowest BCUT2D eigenvalue weighted by Crippen LogP contribution is -2.44. The van der Waals surface area contributed by atoms with Gasteiger partial charge in [-0.15, -0.1) is 0 Å². The fourth-order valence-corrected chi connectivity index (χ4v) is 5.04. The van der Waals surface area contributed by atoms with Crippen LogP contribution in [-0.4, -0.2) is 57.8 Å². The molecule has 0 unspecified atom stereocenters. The molecule has 2 N–H and O–H groups in total. The number of hydrogen-bond donors (Lipinski definition) is 2. The number of likely N-dealkylation sites (tertiary alicyclic amines) is 1. The Kier molecular flexibility index (Phi) is 7.74. The molecular weight excluding hydrogens is 493 g/mol. The normalized spacial score (nSPS) is 17.6. The van der Waals surface area contributed by atoms with Gasteiger partial charge in [0.25, 0.3) is 0 Å². The first-order valence-electron chi connectivity index (χ1n) is 12.3. The predicted octanol–water partition coefficient (Wildman–Crippen LogP) is 5.39. The van der Waals surface area contributed by atoms with E-state index in [9.17, 15) is 14.3 Å². The topological polar surface area (TPSA) is 68.8 Å². The van der Waals surface area contributed by atoms with Crippen LogP contribution < -0.4 is 0 Å². The van der Waals surface area contributed by atoms with Crippen LogP contribution in [0.15, 0.2) is 79.0 Å². The van der Waals surface area contributed by atoms with Gasteiger partial charge < -0.3 is 19.7 Å². The predicted molar refractivity (Wildman–Crippen MR) is 142 cm³/mol. The van der Waals surface area contributed by atoms with Crippen LogP contribution in [0.5, 0.6) is 0 Å². The minimum atomic E-state index is -0.760. The lowest BCUT2D eigenvalue weighted by molar-refractivity contribution is 0.0782. The second-order valence-electron chi connectivity index (χ2n) is 9.41. The van der Waals surface area contributed by atoms with Crippen molar-refractivity contribution in [2.75, 3.05) is 19.6 Å². The molecule has 2 atom stereocenters. The zero-order valence-electron chi connectivity index (χ0n) is 20.3. The first kappa shape index (κ1) is 25.3. The number of ether oxygens (including phenoxy) is 1. The fourth-order valence-electron chi connectivity index (χ4n) is 4.93. The molecule has 37 heavy (non-hydrogen) atoms. The van der Waals surface area contributed by atoms with E-state index in [1.807, 2.05) is 54.7 Å². The summed E-state index contributed by atoms with van der Waals surface area (Å²) in [7, 11) is 0. The molecule has 1 saturated heterocycles. The largest absolute Gasteiger partial charge is 0.445 e. The minimum absolute atomic E-state index is 0.0716. The van der Waals surface area contributed by atoms with Crippen LogP contribution >= 0.6 is 11.6 Å². The molecule has 3 aromatic carbocycles. The van der Waals surface area contributed by atoms with Gasteiger partial charge in [0.15, 0.2) is 0 Å². The molecule has 5 rings (SSSR count). The van der Waals surface area contributed by atoms with E-state index in [0.29, 0.717) is 19.6 Å². The molecule has 0 saturated carbocycles. The molecule has 4 aromatic rings. The summed E-state index contributed by atoms with van der Waals surface area (Å²) in [6, 6.07) is 22.0. The number of carbonyl (C=O) groups excluding carboxylic acids is 1. The summed E-state index contributed by atoms with van der Waals surface area (Å²) in [5.74, 6) is -0.478. The van der Waals surface area contributed by atoms with Gasteiger partial charge in [-0.25, -0.2) is 9.18 Å². The third kappa shape index (κ3) is 5.96. The van der Waals surface area contributed by atoms with Crippen LogP contribution in [0.25, 0.3) is 10.9 Å². The molecule has 0 spiro atoms. The number of hydrogen-bond acceptors (Lipinski definition) is 4. The summed E-state index contributed by atoms with van der Waals surface area (Å²) in [4.78, 5) is 19.7. The van der Waals surface area contributed by atoms with Gasteiger partial charge in [-0.3, -0.25) is 4.90 Å². The first-order chi connectivity index (χ1) is 18.0. The number of halogens is 2. The fraction of sp³-hybridized carbons (Fsp3) is 0.276. The minimum Gasteiger partial charge on any atom is -0.445 e. The number of β-amino-alcohol motifs (C(OH)–C–C–N with tert-alkyl or cyclic N) is 1. The van der Waals surface area contributed by atoms with Gasteiger partial charge in [-0.2, -0.15) is 0 Å². The van der Waals surface area contributed by atoms with Gasteiger partial charge in [-0.1, -0.05) is 66.2 Å². The monoisotopic (exact) mass is 521 g/mol. The molecule has 6 nitrogen and oxygen atoms in total. The standard InChI is InChI=1S/C29H29ClFN3O3/c30-24-11-10-21(14-25(24)31)16-33(13-12-22-15-32-26-9-5-4-8-23(22)26)27-17-34(18-28(27)35)29(36)37-19-20-6-2-1-3-7-20/h1-11,14-15,27-28,32,35H,12-13,16-19H2/t27-,28-/m1/s1. The first-order valence-corrected chi connectivity index (χ1v) is 12.7. The molecule has 8 heteroatoms. The summed E-state index contributed by atoms with van der Waals surface area (Å²) in [6.07, 6.45) is 1.51. The number of aliphatic hydroxyl groups is 1. The number of nitrogens with one attached hydrogen (secondary N) is 1. The Balaban J connectivity index is 1.30. The van der Waals surface area contributed by atoms with E-state index in [1.54, 1.807) is 17.0 Å². The molecule has 0 radical (unpaired) electrons. The summed E-state index contributed by atoms with van der Waals surface area (Å²) < 4.78 is 19.7. The molecular formula is C29H29ClFN3O3. The number of fused-ring (bicyclic) bond motifs is 1. The number of para-hydroxylation sites is 1. The van der Waals surface area contributed by atoms with Gasteiger partial charge in [0, 0.05) is 36.7 Å². The van der Waals surface area contributed by atoms with Crippen molar-refractivity contribution in [2.45, 2.75) is 31.7 Å². The molecule has 1 aromatic heterocycles. The van der Waals surface area contributed by atoms with Crippen LogP contribution in [-0.2, 0) is 24.3 Å². The molecule has 0 bridgehead atoms. The number of H-pyrrole nitrogens is 1. The molecule has 0 aliphatic carbocycles. The summed E-state index contributed by atoms with van der Waals surface area (Å²) in [5.41, 5.74) is 3.88. The van der Waals surface area contributed by atoms with Gasteiger partial charge in [0.2, 0.25) is 0 Å². The number of nitrogens with zero attached hydrogens (tertiary/aromatic N) is 2. The van der Waals surface area contributed by atoms with E-state index >= 15 is 0 Å². The van der Waals surface area contributed by atoms with Crippen molar-refractivity contribution < 1.29 is 19.0 Å². The lowest BCUT2D eigenvalue weighted by Gasteiger charge is -2.30. The van der Waals surface area contributed by atoms with Gasteiger partial charge in [0.05, 0.1) is 23.7 Å². The van der Waals surface area contributed by atoms with Crippen molar-refractivity contribution in [3.8, 4) is 0 Å². The highest BCUT2D eigenvalue weighted by Gasteiger charge is 2.38. The van der Waals surface area contributed by atoms with E-state index in [0.717, 1.165) is 34.0 Å².